The lowest BCUT2D eigenvalue weighted by Gasteiger charge is -2.32. The molecule has 0 bridgehead atoms. The second-order valence-corrected chi connectivity index (χ2v) is 7.89. The van der Waals surface area contributed by atoms with E-state index in [4.69, 9.17) is 4.74 Å². The Kier molecular flexibility index (Phi) is 5.50. The minimum Gasteiger partial charge on any atom is -0.376 e. The molecule has 24 heavy (non-hydrogen) atoms. The number of carbonyl (C=O) groups is 2. The van der Waals surface area contributed by atoms with Gasteiger partial charge in [-0.15, -0.1) is 11.3 Å². The van der Waals surface area contributed by atoms with Crippen LogP contribution < -0.4 is 5.32 Å². The fraction of sp³-hybridized carbons (Fsp3) is 0.706. The highest BCUT2D eigenvalue weighted by molar-refractivity contribution is 7.15. The van der Waals surface area contributed by atoms with Crippen LogP contribution in [0.5, 0.6) is 0 Å². The zero-order valence-electron chi connectivity index (χ0n) is 14.3. The maximum absolute atomic E-state index is 12.6. The van der Waals surface area contributed by atoms with E-state index in [-0.39, 0.29) is 30.4 Å². The normalized spacial score (nSPS) is 20.7. The Morgan fingerprint density at radius 3 is 2.62 bits per heavy atom. The molecule has 1 N–H and O–H groups in total. The number of nitrogens with one attached hydrogen (secondary N) is 1. The predicted octanol–water partition coefficient (Wildman–Crippen LogP) is 2.51. The van der Waals surface area contributed by atoms with E-state index in [0.29, 0.717) is 11.7 Å². The molecule has 0 aromatic carbocycles. The molecule has 1 aromatic heterocycles. The molecule has 2 fully saturated rings. The van der Waals surface area contributed by atoms with Crippen LogP contribution in [0.2, 0.25) is 0 Å². The maximum atomic E-state index is 12.6. The number of amides is 2. The van der Waals surface area contributed by atoms with E-state index in [1.807, 2.05) is 13.8 Å². The first-order chi connectivity index (χ1) is 11.5. The molecule has 1 aliphatic carbocycles. The number of hydrogen-bond donors (Lipinski definition) is 1. The summed E-state index contributed by atoms with van der Waals surface area (Å²) in [6, 6.07) is 0. The minimum atomic E-state index is -0.186. The van der Waals surface area contributed by atoms with Gasteiger partial charge in [-0.3, -0.25) is 9.59 Å². The Bertz CT molecular complexity index is 587. The second-order valence-electron chi connectivity index (χ2n) is 6.69. The van der Waals surface area contributed by atoms with Gasteiger partial charge in [-0.25, -0.2) is 4.98 Å². The highest BCUT2D eigenvalue weighted by Gasteiger charge is 2.32. The molecule has 0 unspecified atom stereocenters. The molecule has 1 saturated heterocycles. The zero-order chi connectivity index (χ0) is 17.1. The number of rotatable bonds is 6. The van der Waals surface area contributed by atoms with Gasteiger partial charge < -0.3 is 15.0 Å². The zero-order valence-corrected chi connectivity index (χ0v) is 15.2. The summed E-state index contributed by atoms with van der Waals surface area (Å²) in [4.78, 5) is 32.1. The van der Waals surface area contributed by atoms with Crippen molar-refractivity contribution in [2.75, 3.05) is 25.0 Å². The molecule has 3 rings (SSSR count). The van der Waals surface area contributed by atoms with Crippen molar-refractivity contribution in [1.29, 1.82) is 0 Å². The quantitative estimate of drug-likeness (QED) is 0.855. The van der Waals surface area contributed by atoms with Crippen molar-refractivity contribution in [3.8, 4) is 0 Å². The molecule has 0 radical (unpaired) electrons. The van der Waals surface area contributed by atoms with Gasteiger partial charge in [0.05, 0.1) is 11.8 Å². The van der Waals surface area contributed by atoms with Gasteiger partial charge >= 0.3 is 0 Å². The smallest absolute Gasteiger partial charge is 0.245 e. The summed E-state index contributed by atoms with van der Waals surface area (Å²) in [5.74, 6) is -0.00336. The average Bonchev–Trinajstić information content (AvgIpc) is 3.07. The molecule has 1 aliphatic heterocycles. The topological polar surface area (TPSA) is 71.5 Å². The van der Waals surface area contributed by atoms with Crippen molar-refractivity contribution >= 4 is 28.3 Å². The summed E-state index contributed by atoms with van der Waals surface area (Å²) < 4.78 is 5.65. The summed E-state index contributed by atoms with van der Waals surface area (Å²) in [5, 5.41) is 3.42. The van der Waals surface area contributed by atoms with Crippen molar-refractivity contribution in [3.63, 3.8) is 0 Å². The standard InChI is InChI=1S/C17H25N3O3S/c1-11-12(2)24-17(18-11)19-15(21)10-20(9-14-7-4-8-23-14)16(22)13-5-3-6-13/h13-14H,3-10H2,1-2H3,(H,18,19,21)/t14-/m1/s1. The maximum Gasteiger partial charge on any atom is 0.245 e. The molecule has 7 heteroatoms. The third-order valence-electron chi connectivity index (χ3n) is 4.82. The first kappa shape index (κ1) is 17.4. The second kappa shape index (κ2) is 7.61. The Hall–Kier alpha value is -1.47. The summed E-state index contributed by atoms with van der Waals surface area (Å²) in [7, 11) is 0. The van der Waals surface area contributed by atoms with Crippen LogP contribution in [0.15, 0.2) is 0 Å². The Labute approximate surface area is 146 Å². The van der Waals surface area contributed by atoms with Crippen LogP contribution in [-0.2, 0) is 14.3 Å². The number of thiazole rings is 1. The number of aryl methyl sites for hydroxylation is 2. The van der Waals surface area contributed by atoms with E-state index in [1.54, 1.807) is 4.90 Å². The first-order valence-electron chi connectivity index (χ1n) is 8.67. The van der Waals surface area contributed by atoms with Crippen molar-refractivity contribution in [2.24, 2.45) is 5.92 Å². The van der Waals surface area contributed by atoms with E-state index in [2.05, 4.69) is 10.3 Å². The molecular weight excluding hydrogens is 326 g/mol. The van der Waals surface area contributed by atoms with Crippen molar-refractivity contribution in [2.45, 2.75) is 52.1 Å². The van der Waals surface area contributed by atoms with Crippen LogP contribution >= 0.6 is 11.3 Å². The molecule has 132 valence electrons. The molecule has 2 heterocycles. The third-order valence-corrected chi connectivity index (χ3v) is 5.81. The number of ether oxygens (including phenoxy) is 1. The van der Waals surface area contributed by atoms with Crippen LogP contribution in [0.25, 0.3) is 0 Å². The summed E-state index contributed by atoms with van der Waals surface area (Å²) in [6.07, 6.45) is 5.03. The highest BCUT2D eigenvalue weighted by atomic mass is 32.1. The third kappa shape index (κ3) is 4.13. The van der Waals surface area contributed by atoms with E-state index in [0.717, 1.165) is 49.3 Å². The van der Waals surface area contributed by atoms with Gasteiger partial charge in [0.1, 0.15) is 6.54 Å². The van der Waals surface area contributed by atoms with Gasteiger partial charge in [-0.2, -0.15) is 0 Å². The molecule has 2 amide bonds. The molecular formula is C17H25N3O3S. The lowest BCUT2D eigenvalue weighted by atomic mass is 9.84. The fourth-order valence-corrected chi connectivity index (χ4v) is 3.87. The minimum absolute atomic E-state index is 0.0613. The van der Waals surface area contributed by atoms with E-state index < -0.39 is 0 Å². The van der Waals surface area contributed by atoms with E-state index in [1.165, 1.54) is 11.3 Å². The Balaban J connectivity index is 1.60. The molecule has 6 nitrogen and oxygen atoms in total. The number of aromatic nitrogens is 1. The van der Waals surface area contributed by atoms with Crippen molar-refractivity contribution in [1.82, 2.24) is 9.88 Å². The predicted molar refractivity (Wildman–Crippen MR) is 93.1 cm³/mol. The van der Waals surface area contributed by atoms with Gasteiger partial charge in [0.25, 0.3) is 0 Å². The number of hydrogen-bond acceptors (Lipinski definition) is 5. The van der Waals surface area contributed by atoms with E-state index >= 15 is 0 Å². The van der Waals surface area contributed by atoms with E-state index in [9.17, 15) is 9.59 Å². The Morgan fingerprint density at radius 2 is 2.08 bits per heavy atom. The average molecular weight is 351 g/mol. The fourth-order valence-electron chi connectivity index (χ4n) is 3.04. The first-order valence-corrected chi connectivity index (χ1v) is 9.49. The van der Waals surface area contributed by atoms with Gasteiger partial charge in [0, 0.05) is 23.9 Å². The molecule has 1 saturated carbocycles. The SMILES string of the molecule is Cc1nc(NC(=O)CN(C[C@H]2CCCO2)C(=O)C2CCC2)sc1C. The van der Waals surface area contributed by atoms with Crippen LogP contribution in [0.4, 0.5) is 5.13 Å². The van der Waals surface area contributed by atoms with Crippen LogP contribution in [0, 0.1) is 19.8 Å². The largest absolute Gasteiger partial charge is 0.376 e. The van der Waals surface area contributed by atoms with Gasteiger partial charge in [-0.1, -0.05) is 6.42 Å². The lowest BCUT2D eigenvalue weighted by Crippen LogP contribution is -2.46. The van der Waals surface area contributed by atoms with Gasteiger partial charge in [-0.05, 0) is 39.5 Å². The molecule has 1 atom stereocenters. The number of anilines is 1. The van der Waals surface area contributed by atoms with Gasteiger partial charge in [0.2, 0.25) is 11.8 Å². The summed E-state index contributed by atoms with van der Waals surface area (Å²) in [6.45, 7) is 5.24. The molecule has 1 aromatic rings. The number of nitrogens with zero attached hydrogens (tertiary/aromatic N) is 2. The molecule has 2 aliphatic rings. The molecule has 0 spiro atoms. The summed E-state index contributed by atoms with van der Waals surface area (Å²) >= 11 is 1.46. The number of carbonyl (C=O) groups excluding carboxylic acids is 2. The van der Waals surface area contributed by atoms with Crippen LogP contribution in [0.1, 0.15) is 42.7 Å². The Morgan fingerprint density at radius 1 is 1.29 bits per heavy atom. The monoisotopic (exact) mass is 351 g/mol. The van der Waals surface area contributed by atoms with Crippen molar-refractivity contribution < 1.29 is 14.3 Å². The van der Waals surface area contributed by atoms with Crippen LogP contribution in [0.3, 0.4) is 0 Å². The van der Waals surface area contributed by atoms with Gasteiger partial charge in [0.15, 0.2) is 5.13 Å². The highest BCUT2D eigenvalue weighted by Crippen LogP contribution is 2.29. The van der Waals surface area contributed by atoms with Crippen molar-refractivity contribution in [3.05, 3.63) is 10.6 Å². The summed E-state index contributed by atoms with van der Waals surface area (Å²) in [5.41, 5.74) is 0.928. The van der Waals surface area contributed by atoms with Crippen LogP contribution in [-0.4, -0.2) is 47.5 Å². The lowest BCUT2D eigenvalue weighted by molar-refractivity contribution is -0.142.